The van der Waals surface area contributed by atoms with E-state index in [1.165, 1.54) is 6.92 Å². The van der Waals surface area contributed by atoms with Crippen molar-refractivity contribution in [3.05, 3.63) is 78.1 Å². The van der Waals surface area contributed by atoms with E-state index in [1.54, 1.807) is 0 Å². The lowest BCUT2D eigenvalue weighted by atomic mass is 10.1. The van der Waals surface area contributed by atoms with Crippen LogP contribution in [0.1, 0.15) is 31.0 Å². The number of rotatable bonds is 6. The summed E-state index contributed by atoms with van der Waals surface area (Å²) in [5, 5.41) is 10.7. The smallest absolute Gasteiger partial charge is 0.221 e. The fourth-order valence-corrected chi connectivity index (χ4v) is 2.65. The maximum absolute atomic E-state index is 11.2. The molecule has 0 radical (unpaired) electrons. The first kappa shape index (κ1) is 16.9. The van der Waals surface area contributed by atoms with Gasteiger partial charge in [-0.2, -0.15) is 5.10 Å². The minimum atomic E-state index is -0.0638. The first-order chi connectivity index (χ1) is 12.1. The molecule has 0 aliphatic rings. The molecular formula is C20H22N4O. The third kappa shape index (κ3) is 4.55. The first-order valence-corrected chi connectivity index (χ1v) is 8.32. The average molecular weight is 334 g/mol. The van der Waals surface area contributed by atoms with Gasteiger partial charge in [0.15, 0.2) is 0 Å². The summed E-state index contributed by atoms with van der Waals surface area (Å²) in [6, 6.07) is 18.1. The van der Waals surface area contributed by atoms with Crippen LogP contribution in [-0.4, -0.2) is 15.7 Å². The summed E-state index contributed by atoms with van der Waals surface area (Å²) in [6.45, 7) is 4.34. The van der Waals surface area contributed by atoms with Gasteiger partial charge in [0.05, 0.1) is 11.9 Å². The Balaban J connectivity index is 1.62. The molecule has 0 bridgehead atoms. The lowest BCUT2D eigenvalue weighted by Gasteiger charge is -2.15. The summed E-state index contributed by atoms with van der Waals surface area (Å²) in [5.41, 5.74) is 4.11. The number of benzene rings is 2. The molecule has 0 saturated carbocycles. The van der Waals surface area contributed by atoms with Crippen LogP contribution in [0, 0.1) is 0 Å². The Kier molecular flexibility index (Phi) is 5.26. The second-order valence-corrected chi connectivity index (χ2v) is 6.04. The van der Waals surface area contributed by atoms with Gasteiger partial charge in [-0.15, -0.1) is 0 Å². The molecule has 2 N–H and O–H groups in total. The number of hydrogen-bond acceptors (Lipinski definition) is 3. The van der Waals surface area contributed by atoms with Gasteiger partial charge in [0.1, 0.15) is 0 Å². The van der Waals surface area contributed by atoms with Crippen molar-refractivity contribution in [1.82, 2.24) is 15.1 Å². The van der Waals surface area contributed by atoms with Gasteiger partial charge in [0, 0.05) is 37.0 Å². The highest BCUT2D eigenvalue weighted by atomic mass is 16.1. The molecule has 1 heterocycles. The molecule has 25 heavy (non-hydrogen) atoms. The summed E-state index contributed by atoms with van der Waals surface area (Å²) in [4.78, 5) is 11.2. The van der Waals surface area contributed by atoms with Gasteiger partial charge in [-0.1, -0.05) is 30.3 Å². The Labute approximate surface area is 147 Å². The average Bonchev–Trinajstić information content (AvgIpc) is 3.09. The van der Waals surface area contributed by atoms with Crippen LogP contribution in [0.3, 0.4) is 0 Å². The van der Waals surface area contributed by atoms with Crippen molar-refractivity contribution in [2.45, 2.75) is 26.4 Å². The number of carbonyl (C=O) groups excluding carboxylic acids is 1. The summed E-state index contributed by atoms with van der Waals surface area (Å²) in [7, 11) is 0. The topological polar surface area (TPSA) is 59.0 Å². The van der Waals surface area contributed by atoms with Crippen molar-refractivity contribution in [2.75, 3.05) is 5.32 Å². The summed E-state index contributed by atoms with van der Waals surface area (Å²) in [6.07, 6.45) is 3.91. The number of anilines is 1. The van der Waals surface area contributed by atoms with E-state index < -0.39 is 0 Å². The normalized spacial score (nSPS) is 11.9. The zero-order valence-electron chi connectivity index (χ0n) is 14.4. The van der Waals surface area contributed by atoms with Crippen LogP contribution in [0.15, 0.2) is 67.0 Å². The molecule has 0 aliphatic heterocycles. The Bertz CT molecular complexity index is 842. The van der Waals surface area contributed by atoms with Gasteiger partial charge in [0.25, 0.3) is 0 Å². The van der Waals surface area contributed by atoms with Crippen LogP contribution in [0.25, 0.3) is 5.69 Å². The highest BCUT2D eigenvalue weighted by Gasteiger charge is 2.07. The zero-order chi connectivity index (χ0) is 17.6. The number of nitrogens with one attached hydrogen (secondary N) is 2. The molecule has 3 aromatic rings. The summed E-state index contributed by atoms with van der Waals surface area (Å²) in [5.74, 6) is -0.0638. The van der Waals surface area contributed by atoms with E-state index in [4.69, 9.17) is 0 Å². The third-order valence-corrected chi connectivity index (χ3v) is 3.98. The second-order valence-electron chi connectivity index (χ2n) is 6.04. The van der Waals surface area contributed by atoms with Gasteiger partial charge in [-0.3, -0.25) is 4.79 Å². The molecule has 3 rings (SSSR count). The summed E-state index contributed by atoms with van der Waals surface area (Å²) < 4.78 is 1.87. The van der Waals surface area contributed by atoms with Gasteiger partial charge in [-0.25, -0.2) is 4.68 Å². The molecular weight excluding hydrogens is 312 g/mol. The molecule has 0 saturated heterocycles. The van der Waals surface area contributed by atoms with Crippen LogP contribution in [0.5, 0.6) is 0 Å². The Morgan fingerprint density at radius 2 is 1.96 bits per heavy atom. The van der Waals surface area contributed by atoms with E-state index in [2.05, 4.69) is 28.7 Å². The van der Waals surface area contributed by atoms with E-state index in [9.17, 15) is 4.79 Å². The highest BCUT2D eigenvalue weighted by Crippen LogP contribution is 2.18. The van der Waals surface area contributed by atoms with Gasteiger partial charge in [0.2, 0.25) is 5.91 Å². The largest absolute Gasteiger partial charge is 0.326 e. The number of aromatic nitrogens is 2. The lowest BCUT2D eigenvalue weighted by molar-refractivity contribution is -0.114. The van der Waals surface area contributed by atoms with E-state index in [0.29, 0.717) is 0 Å². The zero-order valence-corrected chi connectivity index (χ0v) is 14.4. The van der Waals surface area contributed by atoms with Crippen molar-refractivity contribution in [2.24, 2.45) is 0 Å². The number of para-hydroxylation sites is 1. The molecule has 0 spiro atoms. The van der Waals surface area contributed by atoms with Crippen molar-refractivity contribution in [3.63, 3.8) is 0 Å². The van der Waals surface area contributed by atoms with Gasteiger partial charge in [-0.05, 0) is 36.8 Å². The molecule has 0 fully saturated rings. The second kappa shape index (κ2) is 7.77. The first-order valence-electron chi connectivity index (χ1n) is 8.32. The van der Waals surface area contributed by atoms with Crippen LogP contribution in [-0.2, 0) is 11.3 Å². The molecule has 1 atom stereocenters. The van der Waals surface area contributed by atoms with E-state index in [-0.39, 0.29) is 11.9 Å². The number of nitrogens with zero attached hydrogens (tertiary/aromatic N) is 2. The third-order valence-electron chi connectivity index (χ3n) is 3.98. The molecule has 0 unspecified atom stereocenters. The van der Waals surface area contributed by atoms with Crippen molar-refractivity contribution in [3.8, 4) is 5.69 Å². The number of amides is 1. The number of hydrogen-bond donors (Lipinski definition) is 2. The molecule has 5 nitrogen and oxygen atoms in total. The Morgan fingerprint density at radius 1 is 1.16 bits per heavy atom. The molecule has 5 heteroatoms. The Hall–Kier alpha value is -2.92. The van der Waals surface area contributed by atoms with Crippen LogP contribution >= 0.6 is 0 Å². The Morgan fingerprint density at radius 3 is 2.72 bits per heavy atom. The van der Waals surface area contributed by atoms with Crippen molar-refractivity contribution >= 4 is 11.6 Å². The predicted octanol–water partition coefficient (Wildman–Crippen LogP) is 3.68. The molecule has 1 aromatic heterocycles. The lowest BCUT2D eigenvalue weighted by Crippen LogP contribution is -2.18. The molecule has 2 aromatic carbocycles. The number of carbonyl (C=O) groups is 1. The fourth-order valence-electron chi connectivity index (χ4n) is 2.65. The predicted molar refractivity (Wildman–Crippen MR) is 99.6 cm³/mol. The SMILES string of the molecule is CC(=O)Nc1cccc([C@@H](C)NCc2cnn(-c3ccccc3)c2)c1. The maximum atomic E-state index is 11.2. The van der Waals surface area contributed by atoms with Crippen LogP contribution in [0.2, 0.25) is 0 Å². The van der Waals surface area contributed by atoms with Crippen molar-refractivity contribution in [1.29, 1.82) is 0 Å². The highest BCUT2D eigenvalue weighted by molar-refractivity contribution is 5.88. The van der Waals surface area contributed by atoms with Gasteiger partial charge < -0.3 is 10.6 Å². The molecule has 128 valence electrons. The minimum absolute atomic E-state index is 0.0638. The monoisotopic (exact) mass is 334 g/mol. The van der Waals surface area contributed by atoms with E-state index in [0.717, 1.165) is 29.0 Å². The fraction of sp³-hybridized carbons (Fsp3) is 0.200. The van der Waals surface area contributed by atoms with Crippen LogP contribution < -0.4 is 10.6 Å². The van der Waals surface area contributed by atoms with Crippen molar-refractivity contribution < 1.29 is 4.79 Å². The minimum Gasteiger partial charge on any atom is -0.326 e. The van der Waals surface area contributed by atoms with Gasteiger partial charge >= 0.3 is 0 Å². The molecule has 1 amide bonds. The molecule has 0 aliphatic carbocycles. The van der Waals surface area contributed by atoms with E-state index in [1.807, 2.05) is 65.6 Å². The quantitative estimate of drug-likeness (QED) is 0.723. The van der Waals surface area contributed by atoms with E-state index >= 15 is 0 Å². The maximum Gasteiger partial charge on any atom is 0.221 e. The standard InChI is InChI=1S/C20H22N4O/c1-15(18-7-6-8-19(11-18)23-16(2)25)21-12-17-13-22-24(14-17)20-9-4-3-5-10-20/h3-11,13-15,21H,12H2,1-2H3,(H,23,25)/t15-/m1/s1. The summed E-state index contributed by atoms with van der Waals surface area (Å²) >= 11 is 0. The van der Waals surface area contributed by atoms with Crippen LogP contribution in [0.4, 0.5) is 5.69 Å².